The van der Waals surface area contributed by atoms with Crippen molar-refractivity contribution in [1.82, 2.24) is 0 Å². The van der Waals surface area contributed by atoms with Crippen LogP contribution in [0.5, 0.6) is 0 Å². The average molecular weight is 235 g/mol. The van der Waals surface area contributed by atoms with Gasteiger partial charge in [-0.05, 0) is 63.6 Å². The van der Waals surface area contributed by atoms with Crippen LogP contribution < -0.4 is 5.73 Å². The summed E-state index contributed by atoms with van der Waals surface area (Å²) in [6, 6.07) is 8.72. The van der Waals surface area contributed by atoms with Gasteiger partial charge in [-0.2, -0.15) is 0 Å². The molecule has 3 N–H and O–H groups in total. The van der Waals surface area contributed by atoms with Crippen LogP contribution in [0, 0.1) is 0 Å². The van der Waals surface area contributed by atoms with E-state index in [4.69, 9.17) is 5.73 Å². The van der Waals surface area contributed by atoms with Crippen LogP contribution in [0.4, 0.5) is 0 Å². The summed E-state index contributed by atoms with van der Waals surface area (Å²) in [5, 5.41) is 9.66. The summed E-state index contributed by atoms with van der Waals surface area (Å²) in [7, 11) is 0. The smallest absolute Gasteiger partial charge is 0.0594 e. The van der Waals surface area contributed by atoms with Gasteiger partial charge in [0.25, 0.3) is 0 Å². The molecule has 0 amide bonds. The van der Waals surface area contributed by atoms with Crippen molar-refractivity contribution >= 4 is 0 Å². The molecule has 0 saturated heterocycles. The molecule has 1 rings (SSSR count). The zero-order valence-electron chi connectivity index (χ0n) is 11.1. The largest absolute Gasteiger partial charge is 0.390 e. The van der Waals surface area contributed by atoms with Gasteiger partial charge < -0.3 is 10.8 Å². The molecule has 17 heavy (non-hydrogen) atoms. The second-order valence-electron chi connectivity index (χ2n) is 5.37. The van der Waals surface area contributed by atoms with Gasteiger partial charge in [0.1, 0.15) is 0 Å². The van der Waals surface area contributed by atoms with Crippen LogP contribution in [-0.2, 0) is 12.8 Å². The van der Waals surface area contributed by atoms with Crippen molar-refractivity contribution in [1.29, 1.82) is 0 Å². The monoisotopic (exact) mass is 235 g/mol. The topological polar surface area (TPSA) is 46.2 Å². The number of rotatable bonds is 7. The average Bonchev–Trinajstić information content (AvgIpc) is 2.27. The quantitative estimate of drug-likeness (QED) is 0.714. The number of aliphatic hydroxyl groups is 1. The Balaban J connectivity index is 2.39. The van der Waals surface area contributed by atoms with Crippen molar-refractivity contribution in [2.75, 3.05) is 6.54 Å². The lowest BCUT2D eigenvalue weighted by Crippen LogP contribution is -2.19. The number of hydrogen-bond donors (Lipinski definition) is 2. The van der Waals surface area contributed by atoms with Gasteiger partial charge in [-0.3, -0.25) is 0 Å². The van der Waals surface area contributed by atoms with E-state index in [0.717, 1.165) is 32.2 Å². The fraction of sp³-hybridized carbons (Fsp3) is 0.600. The summed E-state index contributed by atoms with van der Waals surface area (Å²) < 4.78 is 0. The van der Waals surface area contributed by atoms with Gasteiger partial charge >= 0.3 is 0 Å². The third-order valence-electron chi connectivity index (χ3n) is 2.97. The highest BCUT2D eigenvalue weighted by Gasteiger charge is 2.11. The Bertz CT molecular complexity index is 311. The van der Waals surface area contributed by atoms with Crippen molar-refractivity contribution in [2.45, 2.75) is 51.6 Å². The van der Waals surface area contributed by atoms with Gasteiger partial charge in [0.2, 0.25) is 0 Å². The summed E-state index contributed by atoms with van der Waals surface area (Å²) in [5.74, 6) is 0. The maximum absolute atomic E-state index is 9.66. The van der Waals surface area contributed by atoms with Crippen LogP contribution >= 0.6 is 0 Å². The van der Waals surface area contributed by atoms with Crippen LogP contribution in [0.25, 0.3) is 0 Å². The van der Waals surface area contributed by atoms with Crippen LogP contribution in [0.3, 0.4) is 0 Å². The fourth-order valence-corrected chi connectivity index (χ4v) is 1.80. The first kappa shape index (κ1) is 14.2. The van der Waals surface area contributed by atoms with E-state index in [-0.39, 0.29) is 0 Å². The molecule has 1 aromatic carbocycles. The Morgan fingerprint density at radius 3 is 2.00 bits per heavy atom. The number of aryl methyl sites for hydroxylation is 2. The van der Waals surface area contributed by atoms with E-state index in [1.807, 2.05) is 13.8 Å². The second-order valence-corrected chi connectivity index (χ2v) is 5.37. The molecule has 0 aromatic heterocycles. The first-order chi connectivity index (χ1) is 8.01. The van der Waals surface area contributed by atoms with Crippen LogP contribution in [0.1, 0.15) is 44.2 Å². The molecule has 96 valence electrons. The lowest BCUT2D eigenvalue weighted by atomic mass is 9.97. The van der Waals surface area contributed by atoms with Crippen LogP contribution in [-0.4, -0.2) is 17.3 Å². The first-order valence-corrected chi connectivity index (χ1v) is 6.51. The molecule has 0 bridgehead atoms. The van der Waals surface area contributed by atoms with Crippen molar-refractivity contribution < 1.29 is 5.11 Å². The normalized spacial score (nSPS) is 11.8. The third kappa shape index (κ3) is 6.44. The first-order valence-electron chi connectivity index (χ1n) is 6.51. The van der Waals surface area contributed by atoms with E-state index in [0.29, 0.717) is 0 Å². The van der Waals surface area contributed by atoms with Crippen molar-refractivity contribution in [2.24, 2.45) is 5.73 Å². The highest BCUT2D eigenvalue weighted by molar-refractivity contribution is 5.22. The predicted octanol–water partition coefficient (Wildman–Crippen LogP) is 2.67. The zero-order chi connectivity index (χ0) is 12.7. The zero-order valence-corrected chi connectivity index (χ0v) is 11.1. The van der Waals surface area contributed by atoms with Crippen LogP contribution in [0.2, 0.25) is 0 Å². The molecule has 0 aliphatic carbocycles. The molecule has 0 atom stereocenters. The number of unbranched alkanes of at least 4 members (excludes halogenated alkanes) is 1. The molecule has 0 saturated carbocycles. The fourth-order valence-electron chi connectivity index (χ4n) is 1.80. The van der Waals surface area contributed by atoms with E-state index in [1.54, 1.807) is 0 Å². The second kappa shape index (κ2) is 6.77. The Hall–Kier alpha value is -0.860. The summed E-state index contributed by atoms with van der Waals surface area (Å²) in [6.45, 7) is 4.49. The number of nitrogens with two attached hydrogens (primary N) is 1. The van der Waals surface area contributed by atoms with E-state index in [2.05, 4.69) is 24.3 Å². The molecule has 0 heterocycles. The van der Waals surface area contributed by atoms with E-state index < -0.39 is 5.60 Å². The molecular weight excluding hydrogens is 210 g/mol. The highest BCUT2D eigenvalue weighted by atomic mass is 16.3. The van der Waals surface area contributed by atoms with Crippen molar-refractivity contribution in [3.63, 3.8) is 0 Å². The molecule has 0 radical (unpaired) electrons. The highest BCUT2D eigenvalue weighted by Crippen LogP contribution is 2.14. The van der Waals surface area contributed by atoms with Gasteiger partial charge in [0, 0.05) is 0 Å². The van der Waals surface area contributed by atoms with Gasteiger partial charge in [0.15, 0.2) is 0 Å². The number of hydrogen-bond acceptors (Lipinski definition) is 2. The van der Waals surface area contributed by atoms with E-state index >= 15 is 0 Å². The summed E-state index contributed by atoms with van der Waals surface area (Å²) in [4.78, 5) is 0. The molecule has 2 heteroatoms. The minimum absolute atomic E-state index is 0.570. The summed E-state index contributed by atoms with van der Waals surface area (Å²) in [6.07, 6.45) is 5.12. The third-order valence-corrected chi connectivity index (χ3v) is 2.97. The van der Waals surface area contributed by atoms with E-state index in [9.17, 15) is 5.11 Å². The van der Waals surface area contributed by atoms with Gasteiger partial charge in [-0.25, -0.2) is 0 Å². The standard InChI is InChI=1S/C15H25NO/c1-15(2,17)11-10-14-8-6-13(7-9-14)5-3-4-12-16/h6-9,17H,3-5,10-12,16H2,1-2H3. The maximum atomic E-state index is 9.66. The molecule has 0 spiro atoms. The van der Waals surface area contributed by atoms with Crippen molar-refractivity contribution in [3.05, 3.63) is 35.4 Å². The molecule has 0 aliphatic heterocycles. The van der Waals surface area contributed by atoms with Crippen molar-refractivity contribution in [3.8, 4) is 0 Å². The van der Waals surface area contributed by atoms with Gasteiger partial charge in [0.05, 0.1) is 5.60 Å². The Morgan fingerprint density at radius 2 is 1.53 bits per heavy atom. The minimum Gasteiger partial charge on any atom is -0.390 e. The molecule has 0 unspecified atom stereocenters. The van der Waals surface area contributed by atoms with Crippen LogP contribution in [0.15, 0.2) is 24.3 Å². The lowest BCUT2D eigenvalue weighted by molar-refractivity contribution is 0.0714. The summed E-state index contributed by atoms with van der Waals surface area (Å²) >= 11 is 0. The summed E-state index contributed by atoms with van der Waals surface area (Å²) in [5.41, 5.74) is 7.58. The Kier molecular flexibility index (Phi) is 5.66. The van der Waals surface area contributed by atoms with Gasteiger partial charge in [-0.15, -0.1) is 0 Å². The molecule has 2 nitrogen and oxygen atoms in total. The Labute approximate surface area is 105 Å². The van der Waals surface area contributed by atoms with Gasteiger partial charge in [-0.1, -0.05) is 24.3 Å². The SMILES string of the molecule is CC(C)(O)CCc1ccc(CCCCN)cc1. The Morgan fingerprint density at radius 1 is 1.00 bits per heavy atom. The minimum atomic E-state index is -0.570. The number of benzene rings is 1. The molecule has 0 fully saturated rings. The van der Waals surface area contributed by atoms with E-state index in [1.165, 1.54) is 17.5 Å². The molecule has 0 aliphatic rings. The molecule has 1 aromatic rings. The predicted molar refractivity (Wildman–Crippen MR) is 73.1 cm³/mol. The lowest BCUT2D eigenvalue weighted by Gasteiger charge is -2.16. The maximum Gasteiger partial charge on any atom is 0.0594 e. The molecular formula is C15H25NO.